The van der Waals surface area contributed by atoms with E-state index in [0.29, 0.717) is 25.7 Å². The fourth-order valence-electron chi connectivity index (χ4n) is 2.77. The van der Waals surface area contributed by atoms with Crippen LogP contribution in [0.3, 0.4) is 0 Å². The highest BCUT2D eigenvalue weighted by atomic mass is 16.5. The zero-order valence-electron chi connectivity index (χ0n) is 17.0. The van der Waals surface area contributed by atoms with Gasteiger partial charge in [0.1, 0.15) is 12.2 Å². The molecule has 0 aliphatic heterocycles. The van der Waals surface area contributed by atoms with Gasteiger partial charge in [0.25, 0.3) is 0 Å². The van der Waals surface area contributed by atoms with Crippen molar-refractivity contribution in [1.29, 1.82) is 0 Å². The highest BCUT2D eigenvalue weighted by Gasteiger charge is 2.32. The first kappa shape index (κ1) is 23.4. The van der Waals surface area contributed by atoms with Crippen LogP contribution in [0.1, 0.15) is 74.7 Å². The number of rotatable bonds is 9. The largest absolute Gasteiger partial charge is 0.462 e. The average Bonchev–Trinajstić information content (AvgIpc) is 2.33. The first-order valence-corrected chi connectivity index (χ1v) is 8.78. The van der Waals surface area contributed by atoms with E-state index in [9.17, 15) is 14.4 Å². The zero-order chi connectivity index (χ0) is 19.8. The lowest BCUT2D eigenvalue weighted by Crippen LogP contribution is -2.42. The molecule has 146 valence electrons. The van der Waals surface area contributed by atoms with Crippen molar-refractivity contribution in [3.63, 3.8) is 0 Å². The van der Waals surface area contributed by atoms with E-state index < -0.39 is 0 Å². The van der Waals surface area contributed by atoms with Crippen LogP contribution in [-0.4, -0.2) is 36.6 Å². The van der Waals surface area contributed by atoms with E-state index in [1.54, 1.807) is 0 Å². The molecule has 0 aliphatic rings. The Morgan fingerprint density at radius 3 is 1.84 bits per heavy atom. The van der Waals surface area contributed by atoms with E-state index in [1.807, 2.05) is 20.8 Å². The summed E-state index contributed by atoms with van der Waals surface area (Å²) >= 11 is 0. The number of hydrogen-bond donors (Lipinski definition) is 1. The number of esters is 2. The fourth-order valence-corrected chi connectivity index (χ4v) is 2.77. The Hall–Kier alpha value is -1.59. The van der Waals surface area contributed by atoms with Crippen molar-refractivity contribution in [2.45, 2.75) is 92.9 Å². The SMILES string of the molecule is CC(=O)OC(CC(CC(OC(C)=O)C(C)(C)C)NC=O)CC(C)(C)C. The third-order valence-electron chi connectivity index (χ3n) is 3.80. The molecule has 3 unspecified atom stereocenters. The highest BCUT2D eigenvalue weighted by Crippen LogP contribution is 2.29. The van der Waals surface area contributed by atoms with E-state index in [2.05, 4.69) is 26.1 Å². The first-order valence-electron chi connectivity index (χ1n) is 8.78. The van der Waals surface area contributed by atoms with Crippen molar-refractivity contribution < 1.29 is 23.9 Å². The summed E-state index contributed by atoms with van der Waals surface area (Å²) in [7, 11) is 0. The number of hydrogen-bond acceptors (Lipinski definition) is 5. The molecule has 6 nitrogen and oxygen atoms in total. The van der Waals surface area contributed by atoms with Gasteiger partial charge in [0, 0.05) is 32.7 Å². The van der Waals surface area contributed by atoms with Gasteiger partial charge in [-0.3, -0.25) is 14.4 Å². The molecular formula is C19H35NO5. The fraction of sp³-hybridized carbons (Fsp3) is 0.842. The molecule has 0 heterocycles. The molecule has 0 saturated heterocycles. The zero-order valence-corrected chi connectivity index (χ0v) is 17.0. The maximum absolute atomic E-state index is 11.4. The Balaban J connectivity index is 5.22. The predicted molar refractivity (Wildman–Crippen MR) is 96.9 cm³/mol. The second-order valence-corrected chi connectivity index (χ2v) is 8.91. The second-order valence-electron chi connectivity index (χ2n) is 8.91. The van der Waals surface area contributed by atoms with Crippen LogP contribution in [0.2, 0.25) is 0 Å². The maximum Gasteiger partial charge on any atom is 0.302 e. The minimum atomic E-state index is -0.352. The quantitative estimate of drug-likeness (QED) is 0.506. The number of amides is 1. The summed E-state index contributed by atoms with van der Waals surface area (Å²) in [6.45, 7) is 14.9. The van der Waals surface area contributed by atoms with Gasteiger partial charge in [-0.05, 0) is 17.3 Å². The number of nitrogens with one attached hydrogen (secondary N) is 1. The van der Waals surface area contributed by atoms with Crippen molar-refractivity contribution in [2.75, 3.05) is 0 Å². The molecule has 0 spiro atoms. The third-order valence-corrected chi connectivity index (χ3v) is 3.80. The van der Waals surface area contributed by atoms with Crippen LogP contribution in [0.5, 0.6) is 0 Å². The van der Waals surface area contributed by atoms with Crippen LogP contribution in [-0.2, 0) is 23.9 Å². The molecule has 1 N–H and O–H groups in total. The van der Waals surface area contributed by atoms with Crippen molar-refractivity contribution in [3.05, 3.63) is 0 Å². The van der Waals surface area contributed by atoms with Gasteiger partial charge in [0.15, 0.2) is 0 Å². The third kappa shape index (κ3) is 11.6. The van der Waals surface area contributed by atoms with E-state index in [-0.39, 0.29) is 41.0 Å². The lowest BCUT2D eigenvalue weighted by molar-refractivity contribution is -0.153. The summed E-state index contributed by atoms with van der Waals surface area (Å²) in [5, 5.41) is 2.78. The van der Waals surface area contributed by atoms with Crippen molar-refractivity contribution in [2.24, 2.45) is 10.8 Å². The molecule has 0 aliphatic carbocycles. The molecule has 0 radical (unpaired) electrons. The van der Waals surface area contributed by atoms with E-state index >= 15 is 0 Å². The van der Waals surface area contributed by atoms with Gasteiger partial charge < -0.3 is 14.8 Å². The van der Waals surface area contributed by atoms with Crippen molar-refractivity contribution in [1.82, 2.24) is 5.32 Å². The Bertz CT molecular complexity index is 448. The molecule has 0 saturated carbocycles. The highest BCUT2D eigenvalue weighted by molar-refractivity contribution is 5.66. The first-order chi connectivity index (χ1) is 11.2. The molecule has 0 aromatic rings. The van der Waals surface area contributed by atoms with Gasteiger partial charge in [-0.2, -0.15) is 0 Å². The monoisotopic (exact) mass is 357 g/mol. The van der Waals surface area contributed by atoms with Crippen LogP contribution in [0.4, 0.5) is 0 Å². The van der Waals surface area contributed by atoms with Crippen LogP contribution in [0, 0.1) is 10.8 Å². The van der Waals surface area contributed by atoms with Gasteiger partial charge in [-0.25, -0.2) is 0 Å². The summed E-state index contributed by atoms with van der Waals surface area (Å²) in [6, 6.07) is -0.257. The smallest absolute Gasteiger partial charge is 0.302 e. The molecule has 0 fully saturated rings. The molecule has 0 rings (SSSR count). The topological polar surface area (TPSA) is 81.7 Å². The van der Waals surface area contributed by atoms with Gasteiger partial charge in [0.05, 0.1) is 0 Å². The molecule has 0 aromatic heterocycles. The summed E-state index contributed by atoms with van der Waals surface area (Å²) in [5.74, 6) is -0.692. The number of carbonyl (C=O) groups excluding carboxylic acids is 3. The van der Waals surface area contributed by atoms with Gasteiger partial charge >= 0.3 is 11.9 Å². The van der Waals surface area contributed by atoms with Crippen molar-refractivity contribution in [3.8, 4) is 0 Å². The minimum Gasteiger partial charge on any atom is -0.462 e. The van der Waals surface area contributed by atoms with E-state index in [1.165, 1.54) is 13.8 Å². The van der Waals surface area contributed by atoms with E-state index in [4.69, 9.17) is 9.47 Å². The summed E-state index contributed by atoms with van der Waals surface area (Å²) in [4.78, 5) is 33.9. The summed E-state index contributed by atoms with van der Waals surface area (Å²) < 4.78 is 10.9. The maximum atomic E-state index is 11.4. The molecule has 0 aromatic carbocycles. The Labute approximate surface area is 152 Å². The van der Waals surface area contributed by atoms with E-state index in [0.717, 1.165) is 0 Å². The van der Waals surface area contributed by atoms with Crippen LogP contribution < -0.4 is 5.32 Å². The summed E-state index contributed by atoms with van der Waals surface area (Å²) in [6.07, 6.45) is 1.59. The van der Waals surface area contributed by atoms with Gasteiger partial charge in [-0.1, -0.05) is 41.5 Å². The number of ether oxygens (including phenoxy) is 2. The molecule has 0 bridgehead atoms. The van der Waals surface area contributed by atoms with Gasteiger partial charge in [-0.15, -0.1) is 0 Å². The summed E-state index contributed by atoms with van der Waals surface area (Å²) in [5.41, 5.74) is -0.291. The molecule has 6 heteroatoms. The Kier molecular flexibility index (Phi) is 9.16. The predicted octanol–water partition coefficient (Wildman–Crippen LogP) is 3.23. The standard InChI is InChI=1S/C19H35NO5/c1-13(22)24-16(11-18(3,4)5)9-15(20-12-21)10-17(19(6,7)8)25-14(2)23/h12,15-17H,9-11H2,1-8H3,(H,20,21). The van der Waals surface area contributed by atoms with Crippen LogP contribution in [0.25, 0.3) is 0 Å². The molecule has 3 atom stereocenters. The normalized spacial score (nSPS) is 15.7. The van der Waals surface area contributed by atoms with Crippen molar-refractivity contribution >= 4 is 18.3 Å². The average molecular weight is 357 g/mol. The molecule has 1 amide bonds. The van der Waals surface area contributed by atoms with Gasteiger partial charge in [0.2, 0.25) is 6.41 Å². The molecular weight excluding hydrogens is 322 g/mol. The Morgan fingerprint density at radius 1 is 0.960 bits per heavy atom. The minimum absolute atomic E-state index is 0.0227. The molecule has 25 heavy (non-hydrogen) atoms. The van der Waals surface area contributed by atoms with Crippen LogP contribution >= 0.6 is 0 Å². The Morgan fingerprint density at radius 2 is 1.48 bits per heavy atom. The number of carbonyl (C=O) groups is 3. The second kappa shape index (κ2) is 9.78. The lowest BCUT2D eigenvalue weighted by atomic mass is 9.82. The van der Waals surface area contributed by atoms with Crippen LogP contribution in [0.15, 0.2) is 0 Å². The lowest BCUT2D eigenvalue weighted by Gasteiger charge is -2.34.